The Balaban J connectivity index is 1.62. The molecule has 6 heteroatoms. The summed E-state index contributed by atoms with van der Waals surface area (Å²) in [5.41, 5.74) is 2.57. The summed E-state index contributed by atoms with van der Waals surface area (Å²) < 4.78 is 7.02. The van der Waals surface area contributed by atoms with E-state index in [-0.39, 0.29) is 18.6 Å². The average Bonchev–Trinajstić information content (AvgIpc) is 2.98. The van der Waals surface area contributed by atoms with Crippen molar-refractivity contribution in [2.45, 2.75) is 53.0 Å². The van der Waals surface area contributed by atoms with Gasteiger partial charge < -0.3 is 10.1 Å². The van der Waals surface area contributed by atoms with Gasteiger partial charge in [-0.25, -0.2) is 9.48 Å². The Labute approximate surface area is 166 Å². The van der Waals surface area contributed by atoms with Crippen LogP contribution in [0.4, 0.5) is 0 Å². The molecule has 1 fully saturated rings. The maximum atomic E-state index is 12.6. The van der Waals surface area contributed by atoms with Crippen LogP contribution in [0.2, 0.25) is 0 Å². The van der Waals surface area contributed by atoms with Crippen LogP contribution < -0.4 is 5.32 Å². The van der Waals surface area contributed by atoms with Crippen LogP contribution >= 0.6 is 0 Å². The maximum absolute atomic E-state index is 12.6. The molecule has 1 aromatic heterocycles. The number of nitrogens with zero attached hydrogens (tertiary/aromatic N) is 2. The van der Waals surface area contributed by atoms with E-state index in [1.165, 1.54) is 6.42 Å². The monoisotopic (exact) mass is 383 g/mol. The Bertz CT molecular complexity index is 844. The molecule has 3 rings (SSSR count). The zero-order chi connectivity index (χ0) is 20.3. The van der Waals surface area contributed by atoms with E-state index < -0.39 is 5.97 Å². The minimum Gasteiger partial charge on any atom is -0.452 e. The molecule has 0 aliphatic heterocycles. The van der Waals surface area contributed by atoms with Crippen molar-refractivity contribution in [2.24, 2.45) is 11.8 Å². The number of carbonyl (C=O) groups excluding carboxylic acids is 2. The summed E-state index contributed by atoms with van der Waals surface area (Å²) in [7, 11) is 0. The van der Waals surface area contributed by atoms with Crippen LogP contribution in [0.15, 0.2) is 30.3 Å². The molecule has 1 aliphatic carbocycles. The lowest BCUT2D eigenvalue weighted by molar-refractivity contribution is -0.125. The van der Waals surface area contributed by atoms with Gasteiger partial charge in [0.1, 0.15) is 5.56 Å². The third kappa shape index (κ3) is 4.26. The van der Waals surface area contributed by atoms with Crippen molar-refractivity contribution in [2.75, 3.05) is 6.61 Å². The molecule has 0 saturated heterocycles. The number of esters is 1. The molecule has 0 unspecified atom stereocenters. The number of nitrogens with one attached hydrogen (secondary N) is 1. The highest BCUT2D eigenvalue weighted by Crippen LogP contribution is 2.29. The van der Waals surface area contributed by atoms with Crippen molar-refractivity contribution in [1.29, 1.82) is 0 Å². The van der Waals surface area contributed by atoms with Gasteiger partial charge in [-0.1, -0.05) is 44.9 Å². The van der Waals surface area contributed by atoms with Gasteiger partial charge in [0.05, 0.1) is 17.1 Å². The normalized spacial score (nSPS) is 21.9. The van der Waals surface area contributed by atoms with Gasteiger partial charge in [0.25, 0.3) is 5.91 Å². The molecule has 0 bridgehead atoms. The fraction of sp³-hybridized carbons (Fsp3) is 0.500. The second kappa shape index (κ2) is 8.59. The van der Waals surface area contributed by atoms with Gasteiger partial charge in [0.2, 0.25) is 0 Å². The lowest BCUT2D eigenvalue weighted by atomic mass is 9.78. The van der Waals surface area contributed by atoms with Crippen LogP contribution in [0.5, 0.6) is 0 Å². The van der Waals surface area contributed by atoms with Crippen molar-refractivity contribution >= 4 is 11.9 Å². The molecular formula is C22H29N3O3. The molecule has 0 radical (unpaired) electrons. The molecule has 1 saturated carbocycles. The first kappa shape index (κ1) is 20.1. The predicted octanol–water partition coefficient (Wildman–Crippen LogP) is 3.59. The first-order valence-electron chi connectivity index (χ1n) is 9.96. The number of hydrogen-bond donors (Lipinski definition) is 1. The number of benzene rings is 1. The number of aryl methyl sites for hydroxylation is 1. The van der Waals surface area contributed by atoms with Crippen molar-refractivity contribution < 1.29 is 14.3 Å². The zero-order valence-corrected chi connectivity index (χ0v) is 17.1. The quantitative estimate of drug-likeness (QED) is 0.801. The number of rotatable bonds is 5. The van der Waals surface area contributed by atoms with Gasteiger partial charge in [-0.05, 0) is 44.2 Å². The smallest absolute Gasteiger partial charge is 0.342 e. The molecule has 1 aromatic carbocycles. The molecule has 0 spiro atoms. The first-order valence-corrected chi connectivity index (χ1v) is 9.96. The molecule has 1 aliphatic rings. The van der Waals surface area contributed by atoms with E-state index in [1.54, 1.807) is 11.6 Å². The molecule has 1 N–H and O–H groups in total. The summed E-state index contributed by atoms with van der Waals surface area (Å²) in [6, 6.07) is 9.77. The van der Waals surface area contributed by atoms with E-state index in [9.17, 15) is 9.59 Å². The molecule has 1 heterocycles. The number of ether oxygens (including phenoxy) is 1. The van der Waals surface area contributed by atoms with Gasteiger partial charge in [-0.3, -0.25) is 4.79 Å². The Kier molecular flexibility index (Phi) is 6.17. The van der Waals surface area contributed by atoms with E-state index >= 15 is 0 Å². The number of amides is 1. The van der Waals surface area contributed by atoms with Crippen LogP contribution in [-0.4, -0.2) is 34.3 Å². The van der Waals surface area contributed by atoms with Crippen molar-refractivity contribution in [3.05, 3.63) is 47.3 Å². The van der Waals surface area contributed by atoms with Crippen LogP contribution in [-0.2, 0) is 9.53 Å². The third-order valence-corrected chi connectivity index (χ3v) is 5.88. The van der Waals surface area contributed by atoms with Crippen LogP contribution in [0.25, 0.3) is 5.69 Å². The number of carbonyl (C=O) groups is 2. The van der Waals surface area contributed by atoms with Crippen molar-refractivity contribution in [3.63, 3.8) is 0 Å². The maximum Gasteiger partial charge on any atom is 0.342 e. The van der Waals surface area contributed by atoms with E-state index in [4.69, 9.17) is 4.74 Å². The standard InChI is InChI=1S/C22H29N3O3/c1-14-9-8-12-19(15(14)2)23-20(26)13-28-22(27)21-16(3)24-25(17(21)4)18-10-6-5-7-11-18/h5-7,10-11,14-15,19H,8-9,12-13H2,1-4H3,(H,23,26)/t14-,15+,19-/m0/s1. The average molecular weight is 383 g/mol. The molecule has 1 amide bonds. The van der Waals surface area contributed by atoms with Crippen LogP contribution in [0.1, 0.15) is 54.9 Å². The lowest BCUT2D eigenvalue weighted by Gasteiger charge is -2.34. The Hall–Kier alpha value is -2.63. The first-order chi connectivity index (χ1) is 13.4. The summed E-state index contributed by atoms with van der Waals surface area (Å²) in [5, 5.41) is 7.48. The Morgan fingerprint density at radius 2 is 1.89 bits per heavy atom. The van der Waals surface area contributed by atoms with Gasteiger partial charge in [-0.2, -0.15) is 5.10 Å². The fourth-order valence-electron chi connectivity index (χ4n) is 4.00. The van der Waals surface area contributed by atoms with Crippen LogP contribution in [0, 0.1) is 25.7 Å². The predicted molar refractivity (Wildman–Crippen MR) is 107 cm³/mol. The minimum atomic E-state index is -0.516. The molecule has 6 nitrogen and oxygen atoms in total. The Morgan fingerprint density at radius 1 is 1.18 bits per heavy atom. The molecule has 3 atom stereocenters. The highest BCUT2D eigenvalue weighted by Gasteiger charge is 2.28. The second-order valence-corrected chi connectivity index (χ2v) is 7.81. The van der Waals surface area contributed by atoms with Gasteiger partial charge in [0, 0.05) is 6.04 Å². The van der Waals surface area contributed by atoms with Crippen LogP contribution in [0.3, 0.4) is 0 Å². The Morgan fingerprint density at radius 3 is 2.61 bits per heavy atom. The van der Waals surface area contributed by atoms with Crippen molar-refractivity contribution in [3.8, 4) is 5.69 Å². The van der Waals surface area contributed by atoms with E-state index in [0.29, 0.717) is 28.8 Å². The van der Waals surface area contributed by atoms with Crippen molar-refractivity contribution in [1.82, 2.24) is 15.1 Å². The highest BCUT2D eigenvalue weighted by molar-refractivity contribution is 5.93. The van der Waals surface area contributed by atoms with E-state index in [2.05, 4.69) is 24.3 Å². The molecule has 150 valence electrons. The summed E-state index contributed by atoms with van der Waals surface area (Å²) in [5.74, 6) is 0.264. The minimum absolute atomic E-state index is 0.152. The molecule has 28 heavy (non-hydrogen) atoms. The zero-order valence-electron chi connectivity index (χ0n) is 17.1. The number of hydrogen-bond acceptors (Lipinski definition) is 4. The largest absolute Gasteiger partial charge is 0.452 e. The molecular weight excluding hydrogens is 354 g/mol. The summed E-state index contributed by atoms with van der Waals surface area (Å²) in [6.07, 6.45) is 3.30. The van der Waals surface area contributed by atoms with E-state index in [1.807, 2.05) is 37.3 Å². The highest BCUT2D eigenvalue weighted by atomic mass is 16.5. The molecule has 2 aromatic rings. The van der Waals surface area contributed by atoms with Gasteiger partial charge in [-0.15, -0.1) is 0 Å². The van der Waals surface area contributed by atoms with Gasteiger partial charge >= 0.3 is 5.97 Å². The van der Waals surface area contributed by atoms with Gasteiger partial charge in [0.15, 0.2) is 6.61 Å². The number of aromatic nitrogens is 2. The summed E-state index contributed by atoms with van der Waals surface area (Å²) >= 11 is 0. The number of para-hydroxylation sites is 1. The summed E-state index contributed by atoms with van der Waals surface area (Å²) in [4.78, 5) is 24.9. The lowest BCUT2D eigenvalue weighted by Crippen LogP contribution is -2.45. The fourth-order valence-corrected chi connectivity index (χ4v) is 4.00. The third-order valence-electron chi connectivity index (χ3n) is 5.88. The van der Waals surface area contributed by atoms with E-state index in [0.717, 1.165) is 18.5 Å². The summed E-state index contributed by atoms with van der Waals surface area (Å²) in [6.45, 7) is 7.72. The topological polar surface area (TPSA) is 73.2 Å². The SMILES string of the molecule is Cc1nn(-c2ccccc2)c(C)c1C(=O)OCC(=O)N[C@H]1CCC[C@H](C)[C@H]1C. The second-order valence-electron chi connectivity index (χ2n) is 7.81.